The van der Waals surface area contributed by atoms with Gasteiger partial charge in [-0.05, 0) is 31.5 Å². The largest absolute Gasteiger partial charge is 0.338 e. The van der Waals surface area contributed by atoms with E-state index >= 15 is 0 Å². The number of nitrogens with one attached hydrogen (secondary N) is 1. The molecule has 0 radical (unpaired) electrons. The van der Waals surface area contributed by atoms with E-state index in [-0.39, 0.29) is 17.0 Å². The molecule has 20 heavy (non-hydrogen) atoms. The molecule has 3 rings (SSSR count). The molecule has 2 heterocycles. The summed E-state index contributed by atoms with van der Waals surface area (Å²) < 4.78 is 0. The number of nitrogens with zero attached hydrogens (tertiary/aromatic N) is 2. The third-order valence-electron chi connectivity index (χ3n) is 4.38. The van der Waals surface area contributed by atoms with Crippen molar-refractivity contribution in [1.82, 2.24) is 10.2 Å². The summed E-state index contributed by atoms with van der Waals surface area (Å²) in [7, 11) is 0. The van der Waals surface area contributed by atoms with Crippen molar-refractivity contribution >= 4 is 11.6 Å². The number of nitro groups is 1. The maximum Gasteiger partial charge on any atom is 0.269 e. The van der Waals surface area contributed by atoms with Crippen LogP contribution in [0.2, 0.25) is 0 Å². The quantitative estimate of drug-likeness (QED) is 0.654. The Balaban J connectivity index is 1.71. The highest BCUT2D eigenvalue weighted by atomic mass is 16.6. The zero-order chi connectivity index (χ0) is 14.2. The highest BCUT2D eigenvalue weighted by Crippen LogP contribution is 2.36. The van der Waals surface area contributed by atoms with E-state index in [1.54, 1.807) is 12.1 Å². The first-order chi connectivity index (χ1) is 9.60. The summed E-state index contributed by atoms with van der Waals surface area (Å²) in [5, 5.41) is 14.0. The lowest BCUT2D eigenvalue weighted by Gasteiger charge is -2.22. The molecule has 1 aromatic rings. The Labute approximate surface area is 116 Å². The van der Waals surface area contributed by atoms with E-state index in [0.29, 0.717) is 5.56 Å². The van der Waals surface area contributed by atoms with E-state index in [9.17, 15) is 14.9 Å². The van der Waals surface area contributed by atoms with Crippen LogP contribution in [0.5, 0.6) is 0 Å². The second kappa shape index (κ2) is 4.86. The van der Waals surface area contributed by atoms with E-state index in [4.69, 9.17) is 0 Å². The molecule has 0 bridgehead atoms. The Morgan fingerprint density at radius 1 is 1.30 bits per heavy atom. The molecule has 0 saturated carbocycles. The van der Waals surface area contributed by atoms with Gasteiger partial charge < -0.3 is 10.2 Å². The van der Waals surface area contributed by atoms with Gasteiger partial charge in [-0.25, -0.2) is 0 Å². The van der Waals surface area contributed by atoms with Gasteiger partial charge in [0.25, 0.3) is 11.6 Å². The van der Waals surface area contributed by atoms with Gasteiger partial charge in [0.05, 0.1) is 4.92 Å². The number of amides is 1. The van der Waals surface area contributed by atoms with Crippen LogP contribution in [0.25, 0.3) is 0 Å². The summed E-state index contributed by atoms with van der Waals surface area (Å²) in [6.07, 6.45) is 2.16. The van der Waals surface area contributed by atoms with Crippen LogP contribution in [0.3, 0.4) is 0 Å². The minimum Gasteiger partial charge on any atom is -0.338 e. The molecule has 1 atom stereocenters. The average Bonchev–Trinajstić information content (AvgIpc) is 3.09. The van der Waals surface area contributed by atoms with Gasteiger partial charge in [0.2, 0.25) is 0 Å². The van der Waals surface area contributed by atoms with Crippen molar-refractivity contribution in [3.8, 4) is 0 Å². The first kappa shape index (κ1) is 13.1. The molecule has 2 fully saturated rings. The number of carbonyl (C=O) groups is 1. The summed E-state index contributed by atoms with van der Waals surface area (Å²) >= 11 is 0. The Morgan fingerprint density at radius 2 is 2.05 bits per heavy atom. The molecule has 6 nitrogen and oxygen atoms in total. The Kier molecular flexibility index (Phi) is 3.17. The van der Waals surface area contributed by atoms with E-state index in [0.717, 1.165) is 39.0 Å². The molecule has 2 aliphatic heterocycles. The maximum atomic E-state index is 12.4. The van der Waals surface area contributed by atoms with Crippen molar-refractivity contribution in [2.45, 2.75) is 12.8 Å². The van der Waals surface area contributed by atoms with Gasteiger partial charge in [-0.2, -0.15) is 0 Å². The fraction of sp³-hybridized carbons (Fsp3) is 0.500. The van der Waals surface area contributed by atoms with Gasteiger partial charge in [0.1, 0.15) is 0 Å². The summed E-state index contributed by atoms with van der Waals surface area (Å²) in [5.41, 5.74) is 0.786. The fourth-order valence-corrected chi connectivity index (χ4v) is 3.16. The standard InChI is InChI=1S/C14H17N3O3/c18-13(11-1-3-12(4-2-11)17(19)20)16-8-6-14(10-16)5-7-15-9-14/h1-4,15H,5-10H2. The Hall–Kier alpha value is -1.95. The van der Waals surface area contributed by atoms with Crippen LogP contribution in [-0.2, 0) is 0 Å². The Morgan fingerprint density at radius 3 is 2.65 bits per heavy atom. The lowest BCUT2D eigenvalue weighted by molar-refractivity contribution is -0.384. The number of hydrogen-bond acceptors (Lipinski definition) is 4. The van der Waals surface area contributed by atoms with Crippen molar-refractivity contribution in [2.24, 2.45) is 5.41 Å². The molecule has 6 heteroatoms. The normalized spacial score (nSPS) is 25.3. The molecule has 0 aromatic heterocycles. The van der Waals surface area contributed by atoms with Crippen LogP contribution in [-0.4, -0.2) is 41.9 Å². The summed E-state index contributed by atoms with van der Waals surface area (Å²) in [6.45, 7) is 3.57. The van der Waals surface area contributed by atoms with Crippen LogP contribution in [0, 0.1) is 15.5 Å². The monoisotopic (exact) mass is 275 g/mol. The molecule has 1 aromatic carbocycles. The van der Waals surface area contributed by atoms with Gasteiger partial charge in [-0.3, -0.25) is 14.9 Å². The van der Waals surface area contributed by atoms with Crippen molar-refractivity contribution in [1.29, 1.82) is 0 Å². The molecule has 1 N–H and O–H groups in total. The first-order valence-corrected chi connectivity index (χ1v) is 6.84. The van der Waals surface area contributed by atoms with Crippen molar-refractivity contribution in [2.75, 3.05) is 26.2 Å². The number of likely N-dealkylation sites (tertiary alicyclic amines) is 1. The number of carbonyl (C=O) groups excluding carboxylic acids is 1. The maximum absolute atomic E-state index is 12.4. The van der Waals surface area contributed by atoms with Crippen LogP contribution >= 0.6 is 0 Å². The third-order valence-corrected chi connectivity index (χ3v) is 4.38. The molecule has 1 unspecified atom stereocenters. The van der Waals surface area contributed by atoms with Crippen molar-refractivity contribution < 1.29 is 9.72 Å². The highest BCUT2D eigenvalue weighted by molar-refractivity contribution is 5.94. The molecule has 2 aliphatic rings. The minimum atomic E-state index is -0.455. The van der Waals surface area contributed by atoms with E-state index in [1.165, 1.54) is 12.1 Å². The lowest BCUT2D eigenvalue weighted by Crippen LogP contribution is -2.33. The molecular weight excluding hydrogens is 258 g/mol. The molecule has 106 valence electrons. The molecule has 2 saturated heterocycles. The SMILES string of the molecule is O=C(c1ccc([N+](=O)[O-])cc1)N1CCC2(CCNC2)C1. The van der Waals surface area contributed by atoms with E-state index in [1.807, 2.05) is 4.90 Å². The highest BCUT2D eigenvalue weighted by Gasteiger charge is 2.41. The van der Waals surface area contributed by atoms with Gasteiger partial charge in [-0.15, -0.1) is 0 Å². The zero-order valence-electron chi connectivity index (χ0n) is 11.2. The molecular formula is C14H17N3O3. The number of nitro benzene ring substituents is 1. The minimum absolute atomic E-state index is 0.0134. The summed E-state index contributed by atoms with van der Waals surface area (Å²) in [4.78, 5) is 24.4. The zero-order valence-corrected chi connectivity index (χ0v) is 11.2. The number of hydrogen-bond donors (Lipinski definition) is 1. The predicted octanol–water partition coefficient (Wildman–Crippen LogP) is 1.42. The topological polar surface area (TPSA) is 75.5 Å². The fourth-order valence-electron chi connectivity index (χ4n) is 3.16. The van der Waals surface area contributed by atoms with Gasteiger partial charge in [0.15, 0.2) is 0 Å². The second-order valence-corrected chi connectivity index (χ2v) is 5.71. The van der Waals surface area contributed by atoms with Crippen molar-refractivity contribution in [3.63, 3.8) is 0 Å². The van der Waals surface area contributed by atoms with Gasteiger partial charge in [0, 0.05) is 42.7 Å². The van der Waals surface area contributed by atoms with Gasteiger partial charge >= 0.3 is 0 Å². The second-order valence-electron chi connectivity index (χ2n) is 5.71. The van der Waals surface area contributed by atoms with Crippen LogP contribution < -0.4 is 5.32 Å². The third kappa shape index (κ3) is 2.27. The van der Waals surface area contributed by atoms with E-state index < -0.39 is 4.92 Å². The van der Waals surface area contributed by atoms with Crippen molar-refractivity contribution in [3.05, 3.63) is 39.9 Å². The summed E-state index contributed by atoms with van der Waals surface area (Å²) in [6, 6.07) is 5.85. The summed E-state index contributed by atoms with van der Waals surface area (Å²) in [5.74, 6) is -0.0244. The lowest BCUT2D eigenvalue weighted by atomic mass is 9.86. The first-order valence-electron chi connectivity index (χ1n) is 6.84. The molecule has 0 aliphatic carbocycles. The Bertz CT molecular complexity index is 535. The predicted molar refractivity (Wildman–Crippen MR) is 73.5 cm³/mol. The smallest absolute Gasteiger partial charge is 0.269 e. The number of non-ortho nitro benzene ring substituents is 1. The van der Waals surface area contributed by atoms with Gasteiger partial charge in [-0.1, -0.05) is 0 Å². The molecule has 1 amide bonds. The van der Waals surface area contributed by atoms with Crippen LogP contribution in [0.4, 0.5) is 5.69 Å². The number of benzene rings is 1. The number of rotatable bonds is 2. The molecule has 1 spiro atoms. The average molecular weight is 275 g/mol. The van der Waals surface area contributed by atoms with E-state index in [2.05, 4.69) is 5.32 Å². The van der Waals surface area contributed by atoms with Crippen LogP contribution in [0.15, 0.2) is 24.3 Å². The van der Waals surface area contributed by atoms with Crippen LogP contribution in [0.1, 0.15) is 23.2 Å².